The molecule has 2 aliphatic rings. The smallest absolute Gasteiger partial charge is 0.219 e. The van der Waals surface area contributed by atoms with E-state index >= 15 is 0 Å². The van der Waals surface area contributed by atoms with Crippen molar-refractivity contribution in [1.29, 1.82) is 0 Å². The van der Waals surface area contributed by atoms with Crippen LogP contribution in [0.2, 0.25) is 0 Å². The SMILES string of the molecule is CCC(=O)NCC[C@@H]1CCc2cc(O)c3c(c21)CCO3. The minimum Gasteiger partial charge on any atom is -0.504 e. The van der Waals surface area contributed by atoms with Crippen LogP contribution in [0, 0.1) is 0 Å². The summed E-state index contributed by atoms with van der Waals surface area (Å²) in [6.07, 6.45) is 4.52. The Balaban J connectivity index is 1.76. The number of aryl methyl sites for hydroxylation is 1. The fourth-order valence-corrected chi connectivity index (χ4v) is 3.43. The second-order valence-corrected chi connectivity index (χ2v) is 5.60. The molecule has 1 aliphatic heterocycles. The summed E-state index contributed by atoms with van der Waals surface area (Å²) in [6, 6.07) is 1.87. The molecule has 1 aromatic rings. The Morgan fingerprint density at radius 3 is 3.15 bits per heavy atom. The molecule has 0 radical (unpaired) electrons. The quantitative estimate of drug-likeness (QED) is 0.886. The average Bonchev–Trinajstić information content (AvgIpc) is 3.05. The van der Waals surface area contributed by atoms with Crippen molar-refractivity contribution in [2.24, 2.45) is 0 Å². The van der Waals surface area contributed by atoms with Gasteiger partial charge < -0.3 is 15.2 Å². The fourth-order valence-electron chi connectivity index (χ4n) is 3.43. The summed E-state index contributed by atoms with van der Waals surface area (Å²) in [7, 11) is 0. The third kappa shape index (κ3) is 2.23. The topological polar surface area (TPSA) is 58.6 Å². The predicted molar refractivity (Wildman–Crippen MR) is 76.3 cm³/mol. The van der Waals surface area contributed by atoms with Crippen molar-refractivity contribution in [2.45, 2.75) is 44.9 Å². The van der Waals surface area contributed by atoms with Gasteiger partial charge in [0.05, 0.1) is 6.61 Å². The first kappa shape index (κ1) is 13.3. The van der Waals surface area contributed by atoms with Gasteiger partial charge in [-0.1, -0.05) is 6.92 Å². The lowest BCUT2D eigenvalue weighted by Gasteiger charge is -2.16. The summed E-state index contributed by atoms with van der Waals surface area (Å²) in [5.74, 6) is 1.57. The van der Waals surface area contributed by atoms with Crippen LogP contribution in [-0.2, 0) is 17.6 Å². The van der Waals surface area contributed by atoms with Crippen molar-refractivity contribution in [3.05, 3.63) is 22.8 Å². The Morgan fingerprint density at radius 1 is 1.50 bits per heavy atom. The number of rotatable bonds is 4. The third-order valence-electron chi connectivity index (χ3n) is 4.39. The van der Waals surface area contributed by atoms with E-state index in [-0.39, 0.29) is 11.7 Å². The molecule has 4 nitrogen and oxygen atoms in total. The maximum atomic E-state index is 11.3. The number of phenolic OH excluding ortho intramolecular Hbond substituents is 1. The summed E-state index contributed by atoms with van der Waals surface area (Å²) in [6.45, 7) is 3.26. The van der Waals surface area contributed by atoms with Gasteiger partial charge in [-0.2, -0.15) is 0 Å². The van der Waals surface area contributed by atoms with Gasteiger partial charge in [-0.3, -0.25) is 4.79 Å². The molecule has 1 atom stereocenters. The lowest BCUT2D eigenvalue weighted by atomic mass is 9.91. The van der Waals surface area contributed by atoms with Crippen molar-refractivity contribution in [1.82, 2.24) is 5.32 Å². The second kappa shape index (κ2) is 5.35. The standard InChI is InChI=1S/C16H21NO3/c1-2-14(19)17-7-5-10-3-4-11-9-13(18)16-12(15(10)11)6-8-20-16/h9-10,18H,2-8H2,1H3,(H,17,19)/t10-/m0/s1. The molecule has 2 N–H and O–H groups in total. The van der Waals surface area contributed by atoms with Crippen molar-refractivity contribution in [2.75, 3.05) is 13.2 Å². The molecule has 0 aromatic heterocycles. The molecule has 3 rings (SSSR count). The normalized spacial score (nSPS) is 19.4. The highest BCUT2D eigenvalue weighted by molar-refractivity contribution is 5.75. The minimum absolute atomic E-state index is 0.113. The molecule has 20 heavy (non-hydrogen) atoms. The van der Waals surface area contributed by atoms with Crippen LogP contribution >= 0.6 is 0 Å². The van der Waals surface area contributed by atoms with E-state index in [1.807, 2.05) is 13.0 Å². The van der Waals surface area contributed by atoms with Crippen LogP contribution in [0.4, 0.5) is 0 Å². The summed E-state index contributed by atoms with van der Waals surface area (Å²) >= 11 is 0. The van der Waals surface area contributed by atoms with Crippen molar-refractivity contribution in [3.63, 3.8) is 0 Å². The molecule has 0 saturated heterocycles. The van der Waals surface area contributed by atoms with E-state index in [2.05, 4.69) is 5.32 Å². The first-order valence-electron chi connectivity index (χ1n) is 7.47. The highest BCUT2D eigenvalue weighted by Gasteiger charge is 2.31. The number of nitrogens with one attached hydrogen (secondary N) is 1. The molecule has 1 heterocycles. The number of amides is 1. The zero-order valence-electron chi connectivity index (χ0n) is 11.9. The molecule has 108 valence electrons. The zero-order valence-corrected chi connectivity index (χ0v) is 11.9. The largest absolute Gasteiger partial charge is 0.504 e. The molecule has 1 aliphatic carbocycles. The third-order valence-corrected chi connectivity index (χ3v) is 4.39. The molecule has 0 bridgehead atoms. The second-order valence-electron chi connectivity index (χ2n) is 5.60. The van der Waals surface area contributed by atoms with Gasteiger partial charge in [-0.15, -0.1) is 0 Å². The van der Waals surface area contributed by atoms with E-state index < -0.39 is 0 Å². The van der Waals surface area contributed by atoms with Crippen LogP contribution in [0.15, 0.2) is 6.07 Å². The van der Waals surface area contributed by atoms with Crippen LogP contribution in [0.5, 0.6) is 11.5 Å². The molecule has 1 aromatic carbocycles. The van der Waals surface area contributed by atoms with E-state index in [1.54, 1.807) is 0 Å². The summed E-state index contributed by atoms with van der Waals surface area (Å²) < 4.78 is 5.54. The van der Waals surface area contributed by atoms with Crippen LogP contribution < -0.4 is 10.1 Å². The minimum atomic E-state index is 0.113. The first-order valence-corrected chi connectivity index (χ1v) is 7.47. The number of phenols is 1. The molecule has 0 saturated carbocycles. The van der Waals surface area contributed by atoms with E-state index in [9.17, 15) is 9.90 Å². The molecule has 4 heteroatoms. The monoisotopic (exact) mass is 275 g/mol. The Morgan fingerprint density at radius 2 is 2.35 bits per heavy atom. The maximum Gasteiger partial charge on any atom is 0.219 e. The number of carbonyl (C=O) groups is 1. The van der Waals surface area contributed by atoms with Gasteiger partial charge in [-0.05, 0) is 42.4 Å². The molecular weight excluding hydrogens is 254 g/mol. The number of benzene rings is 1. The number of ether oxygens (including phenoxy) is 1. The van der Waals surface area contributed by atoms with Crippen LogP contribution in [0.3, 0.4) is 0 Å². The van der Waals surface area contributed by atoms with Gasteiger partial charge >= 0.3 is 0 Å². The molecular formula is C16H21NO3. The van der Waals surface area contributed by atoms with E-state index in [1.165, 1.54) is 16.7 Å². The Kier molecular flexibility index (Phi) is 3.55. The Hall–Kier alpha value is -1.71. The van der Waals surface area contributed by atoms with Gasteiger partial charge in [0, 0.05) is 24.9 Å². The summed E-state index contributed by atoms with van der Waals surface area (Å²) in [5.41, 5.74) is 3.84. The zero-order chi connectivity index (χ0) is 14.1. The van der Waals surface area contributed by atoms with Gasteiger partial charge in [0.25, 0.3) is 0 Å². The van der Waals surface area contributed by atoms with Crippen LogP contribution in [0.1, 0.15) is 48.8 Å². The van der Waals surface area contributed by atoms with E-state index in [0.717, 1.165) is 32.2 Å². The number of aromatic hydroxyl groups is 1. The van der Waals surface area contributed by atoms with Crippen molar-refractivity contribution in [3.8, 4) is 11.5 Å². The molecule has 0 spiro atoms. The molecule has 0 fully saturated rings. The first-order chi connectivity index (χ1) is 9.70. The highest BCUT2D eigenvalue weighted by Crippen LogP contribution is 2.47. The van der Waals surface area contributed by atoms with Gasteiger partial charge in [0.1, 0.15) is 0 Å². The van der Waals surface area contributed by atoms with Crippen LogP contribution in [0.25, 0.3) is 0 Å². The number of hydrogen-bond acceptors (Lipinski definition) is 3. The van der Waals surface area contributed by atoms with E-state index in [0.29, 0.717) is 24.7 Å². The molecule has 1 amide bonds. The van der Waals surface area contributed by atoms with Crippen molar-refractivity contribution < 1.29 is 14.6 Å². The number of hydrogen-bond donors (Lipinski definition) is 2. The molecule has 0 unspecified atom stereocenters. The van der Waals surface area contributed by atoms with Gasteiger partial charge in [0.2, 0.25) is 5.91 Å². The summed E-state index contributed by atoms with van der Waals surface area (Å²) in [5, 5.41) is 12.9. The maximum absolute atomic E-state index is 11.3. The lowest BCUT2D eigenvalue weighted by Crippen LogP contribution is -2.24. The van der Waals surface area contributed by atoms with E-state index in [4.69, 9.17) is 4.74 Å². The Labute approximate surface area is 119 Å². The number of carbonyl (C=O) groups excluding carboxylic acids is 1. The predicted octanol–water partition coefficient (Wildman–Crippen LogP) is 2.27. The Bertz CT molecular complexity index is 539. The fraction of sp³-hybridized carbons (Fsp3) is 0.562. The van der Waals surface area contributed by atoms with Crippen molar-refractivity contribution >= 4 is 5.91 Å². The van der Waals surface area contributed by atoms with Gasteiger partial charge in [0.15, 0.2) is 11.5 Å². The highest BCUT2D eigenvalue weighted by atomic mass is 16.5. The van der Waals surface area contributed by atoms with Crippen LogP contribution in [-0.4, -0.2) is 24.2 Å². The summed E-state index contributed by atoms with van der Waals surface area (Å²) in [4.78, 5) is 11.3. The van der Waals surface area contributed by atoms with Gasteiger partial charge in [-0.25, -0.2) is 0 Å². The number of fused-ring (bicyclic) bond motifs is 3. The lowest BCUT2D eigenvalue weighted by molar-refractivity contribution is -0.120. The average molecular weight is 275 g/mol.